The largest absolute Gasteiger partial charge is 0.298 e. The second kappa shape index (κ2) is 15.0. The fraction of sp³-hybridized carbons (Fsp3) is 0.353. The van der Waals surface area contributed by atoms with E-state index in [9.17, 15) is 0 Å². The van der Waals surface area contributed by atoms with Crippen LogP contribution in [0.15, 0.2) is 97.1 Å². The Labute approximate surface area is 214 Å². The van der Waals surface area contributed by atoms with Crippen LogP contribution in [0.2, 0.25) is 0 Å². The Bertz CT molecular complexity index is 1010. The quantitative estimate of drug-likeness (QED) is 0.270. The van der Waals surface area contributed by atoms with Gasteiger partial charge in [-0.15, -0.1) is 0 Å². The van der Waals surface area contributed by atoms with Crippen LogP contribution in [0, 0.1) is 18.8 Å². The average Bonchev–Trinajstić information content (AvgIpc) is 2.88. The summed E-state index contributed by atoms with van der Waals surface area (Å²) in [6.45, 7) is 17.6. The minimum Gasteiger partial charge on any atom is -0.298 e. The van der Waals surface area contributed by atoms with Crippen molar-refractivity contribution in [3.8, 4) is 11.8 Å². The lowest BCUT2D eigenvalue weighted by Crippen LogP contribution is -2.57. The highest BCUT2D eigenvalue weighted by atomic mass is 15.2. The molecule has 1 heteroatoms. The van der Waals surface area contributed by atoms with Crippen LogP contribution in [0.1, 0.15) is 69.2 Å². The normalized spacial score (nSPS) is 16.3. The van der Waals surface area contributed by atoms with Crippen LogP contribution >= 0.6 is 0 Å². The van der Waals surface area contributed by atoms with E-state index in [0.717, 1.165) is 17.5 Å². The summed E-state index contributed by atoms with van der Waals surface area (Å²) in [6, 6.07) is 28.6. The maximum absolute atomic E-state index is 3.87. The van der Waals surface area contributed by atoms with Gasteiger partial charge in [0.05, 0.1) is 0 Å². The number of hydrogen-bond acceptors (Lipinski definition) is 1. The van der Waals surface area contributed by atoms with Crippen LogP contribution < -0.4 is 0 Å². The number of aryl methyl sites for hydroxylation is 1. The molecule has 0 saturated carbocycles. The molecule has 3 aromatic rings. The Hall–Kier alpha value is -3.08. The van der Waals surface area contributed by atoms with E-state index >= 15 is 0 Å². The lowest BCUT2D eigenvalue weighted by atomic mass is 9.84. The summed E-state index contributed by atoms with van der Waals surface area (Å²) in [6.07, 6.45) is 5.02. The van der Waals surface area contributed by atoms with E-state index in [1.54, 1.807) is 0 Å². The maximum atomic E-state index is 3.87. The Morgan fingerprint density at radius 3 is 1.74 bits per heavy atom. The highest BCUT2D eigenvalue weighted by Gasteiger charge is 2.37. The lowest BCUT2D eigenvalue weighted by molar-refractivity contribution is -0.00213. The van der Waals surface area contributed by atoms with E-state index in [2.05, 4.69) is 82.2 Å². The van der Waals surface area contributed by atoms with Crippen LogP contribution in [0.3, 0.4) is 0 Å². The van der Waals surface area contributed by atoms with Gasteiger partial charge in [-0.3, -0.25) is 4.90 Å². The minimum atomic E-state index is 0.565. The molecule has 1 heterocycles. The van der Waals surface area contributed by atoms with Crippen LogP contribution in [0.4, 0.5) is 0 Å². The molecule has 0 spiro atoms. The number of rotatable bonds is 5. The first kappa shape index (κ1) is 28.2. The van der Waals surface area contributed by atoms with Crippen molar-refractivity contribution < 1.29 is 0 Å². The number of nitrogens with zero attached hydrogens (tertiary/aromatic N) is 1. The van der Waals surface area contributed by atoms with Crippen molar-refractivity contribution in [3.05, 3.63) is 119 Å². The van der Waals surface area contributed by atoms with Gasteiger partial charge in [-0.05, 0) is 82.8 Å². The molecular weight excluding hydrogens is 422 g/mol. The number of allylic oxidation sites excluding steroid dienone is 1. The molecule has 1 fully saturated rings. The molecule has 0 amide bonds. The van der Waals surface area contributed by atoms with E-state index in [1.807, 2.05) is 60.7 Å². The van der Waals surface area contributed by atoms with Gasteiger partial charge < -0.3 is 0 Å². The van der Waals surface area contributed by atoms with Gasteiger partial charge in [-0.1, -0.05) is 104 Å². The summed E-state index contributed by atoms with van der Waals surface area (Å²) in [5.41, 5.74) is 6.55. The highest BCUT2D eigenvalue weighted by Crippen LogP contribution is 2.32. The zero-order chi connectivity index (χ0) is 25.5. The van der Waals surface area contributed by atoms with Gasteiger partial charge in [0.15, 0.2) is 0 Å². The topological polar surface area (TPSA) is 3.24 Å². The molecule has 4 rings (SSSR count). The third kappa shape index (κ3) is 10.4. The zero-order valence-electron chi connectivity index (χ0n) is 22.5. The Morgan fingerprint density at radius 1 is 0.857 bits per heavy atom. The van der Waals surface area contributed by atoms with E-state index in [0.29, 0.717) is 5.54 Å². The van der Waals surface area contributed by atoms with Crippen molar-refractivity contribution in [3.63, 3.8) is 0 Å². The summed E-state index contributed by atoms with van der Waals surface area (Å²) >= 11 is 0. The van der Waals surface area contributed by atoms with Gasteiger partial charge in [0.25, 0.3) is 0 Å². The van der Waals surface area contributed by atoms with Crippen molar-refractivity contribution in [2.24, 2.45) is 0 Å². The standard InChI is InChI=1S/C14H10.C11H14.C9H19N/c1-3-7-13(8-4-1)11-12-14-9-5-2-6-10-14;1-9(2)8-11-6-4-10(3)5-7-11;1-4-7-10-8-6-9(10,3)5-2/h1-10H;4-7H,1,8H2,2-3H3;4-8H2,1-3H3. The summed E-state index contributed by atoms with van der Waals surface area (Å²) in [5, 5.41) is 0. The van der Waals surface area contributed by atoms with E-state index < -0.39 is 0 Å². The molecule has 1 saturated heterocycles. The van der Waals surface area contributed by atoms with E-state index in [1.165, 1.54) is 49.1 Å². The van der Waals surface area contributed by atoms with Gasteiger partial charge in [0, 0.05) is 23.2 Å². The summed E-state index contributed by atoms with van der Waals surface area (Å²) in [7, 11) is 0. The van der Waals surface area contributed by atoms with Crippen molar-refractivity contribution >= 4 is 0 Å². The molecule has 0 aliphatic carbocycles. The predicted molar refractivity (Wildman–Crippen MR) is 154 cm³/mol. The average molecular weight is 466 g/mol. The van der Waals surface area contributed by atoms with Crippen LogP contribution in [0.25, 0.3) is 0 Å². The smallest absolute Gasteiger partial charge is 0.0249 e. The fourth-order valence-corrected chi connectivity index (χ4v) is 3.95. The SMILES string of the molecule is C(#Cc1ccccc1)c1ccccc1.C=C(C)Cc1ccc(C)cc1.CCCN1CCC1(C)CC. The molecular formula is C34H43N. The van der Waals surface area contributed by atoms with Gasteiger partial charge >= 0.3 is 0 Å². The van der Waals surface area contributed by atoms with Crippen LogP contribution in [-0.4, -0.2) is 23.5 Å². The van der Waals surface area contributed by atoms with Crippen LogP contribution in [-0.2, 0) is 6.42 Å². The number of benzene rings is 3. The molecule has 0 aromatic heterocycles. The predicted octanol–water partition coefficient (Wildman–Crippen LogP) is 8.47. The highest BCUT2D eigenvalue weighted by molar-refractivity contribution is 5.42. The summed E-state index contributed by atoms with van der Waals surface area (Å²) < 4.78 is 0. The number of likely N-dealkylation sites (tertiary alicyclic amines) is 1. The maximum Gasteiger partial charge on any atom is 0.0249 e. The van der Waals surface area contributed by atoms with Crippen LogP contribution in [0.5, 0.6) is 0 Å². The molecule has 3 aromatic carbocycles. The molecule has 1 unspecified atom stereocenters. The molecule has 1 atom stereocenters. The lowest BCUT2D eigenvalue weighted by Gasteiger charge is -2.50. The Morgan fingerprint density at radius 2 is 1.37 bits per heavy atom. The van der Waals surface area contributed by atoms with E-state index in [4.69, 9.17) is 0 Å². The molecule has 0 radical (unpaired) electrons. The molecule has 35 heavy (non-hydrogen) atoms. The molecule has 1 aliphatic heterocycles. The van der Waals surface area contributed by atoms with Crippen molar-refractivity contribution in [1.82, 2.24) is 4.90 Å². The first-order valence-electron chi connectivity index (χ1n) is 12.9. The van der Waals surface area contributed by atoms with Crippen molar-refractivity contribution in [2.45, 2.75) is 65.8 Å². The number of hydrogen-bond donors (Lipinski definition) is 0. The Kier molecular flexibility index (Phi) is 12.1. The van der Waals surface area contributed by atoms with E-state index in [-0.39, 0.29) is 0 Å². The fourth-order valence-electron chi connectivity index (χ4n) is 3.95. The minimum absolute atomic E-state index is 0.565. The third-order valence-corrected chi connectivity index (χ3v) is 6.46. The second-order valence-corrected chi connectivity index (χ2v) is 9.69. The van der Waals surface area contributed by atoms with Gasteiger partial charge in [0.1, 0.15) is 0 Å². The molecule has 0 N–H and O–H groups in total. The Balaban J connectivity index is 0.000000189. The monoisotopic (exact) mass is 465 g/mol. The first-order valence-corrected chi connectivity index (χ1v) is 12.9. The first-order chi connectivity index (χ1) is 16.9. The van der Waals surface area contributed by atoms with Gasteiger partial charge in [-0.2, -0.15) is 0 Å². The van der Waals surface area contributed by atoms with Gasteiger partial charge in [-0.25, -0.2) is 0 Å². The third-order valence-electron chi connectivity index (χ3n) is 6.46. The second-order valence-electron chi connectivity index (χ2n) is 9.69. The molecule has 0 bridgehead atoms. The van der Waals surface area contributed by atoms with Crippen molar-refractivity contribution in [2.75, 3.05) is 13.1 Å². The van der Waals surface area contributed by atoms with Gasteiger partial charge in [0.2, 0.25) is 0 Å². The molecule has 1 aliphatic rings. The summed E-state index contributed by atoms with van der Waals surface area (Å²) in [5.74, 6) is 6.22. The van der Waals surface area contributed by atoms with Crippen molar-refractivity contribution in [1.29, 1.82) is 0 Å². The molecule has 1 nitrogen and oxygen atoms in total. The summed E-state index contributed by atoms with van der Waals surface area (Å²) in [4.78, 5) is 2.60. The zero-order valence-corrected chi connectivity index (χ0v) is 22.5. The molecule has 184 valence electrons.